The summed E-state index contributed by atoms with van der Waals surface area (Å²) in [7, 11) is 0. The molecule has 0 unspecified atom stereocenters. The molecule has 4 heteroatoms. The molecule has 2 bridgehead atoms. The quantitative estimate of drug-likeness (QED) is 0.891. The zero-order chi connectivity index (χ0) is 13.4. The largest absolute Gasteiger partial charge is 0.481 e. The van der Waals surface area contributed by atoms with E-state index in [0.29, 0.717) is 18.4 Å². The number of rotatable bonds is 4. The normalized spacial score (nSPS) is 32.7. The number of carbonyl (C=O) groups is 1. The number of carboxylic acid groups (broad SMARTS) is 1. The third-order valence-electron chi connectivity index (χ3n) is 4.63. The van der Waals surface area contributed by atoms with Crippen molar-refractivity contribution in [2.75, 3.05) is 0 Å². The van der Waals surface area contributed by atoms with Crippen LogP contribution in [0.15, 0.2) is 24.3 Å². The van der Waals surface area contributed by atoms with Gasteiger partial charge in [0, 0.05) is 17.6 Å². The van der Waals surface area contributed by atoms with Crippen molar-refractivity contribution in [1.29, 1.82) is 0 Å². The van der Waals surface area contributed by atoms with Crippen LogP contribution in [-0.4, -0.2) is 17.1 Å². The van der Waals surface area contributed by atoms with E-state index in [1.54, 1.807) is 0 Å². The van der Waals surface area contributed by atoms with Gasteiger partial charge in [0.15, 0.2) is 0 Å². The first-order chi connectivity index (χ1) is 9.15. The molecule has 0 spiro atoms. The van der Waals surface area contributed by atoms with Crippen molar-refractivity contribution in [3.63, 3.8) is 0 Å². The lowest BCUT2D eigenvalue weighted by molar-refractivity contribution is -0.144. The van der Waals surface area contributed by atoms with Gasteiger partial charge < -0.3 is 10.4 Å². The Bertz CT molecular complexity index is 491. The molecule has 1 aromatic carbocycles. The number of benzene rings is 1. The fraction of sp³-hybridized carbons (Fsp3) is 0.533. The number of halogens is 1. The Labute approximate surface area is 118 Å². The van der Waals surface area contributed by atoms with E-state index in [9.17, 15) is 9.90 Å². The van der Waals surface area contributed by atoms with E-state index in [2.05, 4.69) is 5.32 Å². The van der Waals surface area contributed by atoms with E-state index in [-0.39, 0.29) is 12.0 Å². The Hall–Kier alpha value is -1.06. The summed E-state index contributed by atoms with van der Waals surface area (Å²) in [5, 5.41) is 13.6. The highest BCUT2D eigenvalue weighted by Gasteiger charge is 2.50. The van der Waals surface area contributed by atoms with Crippen molar-refractivity contribution >= 4 is 17.6 Å². The Balaban J connectivity index is 1.67. The van der Waals surface area contributed by atoms with Crippen molar-refractivity contribution in [1.82, 2.24) is 5.32 Å². The fourth-order valence-corrected chi connectivity index (χ4v) is 4.04. The number of hydrogen-bond donors (Lipinski definition) is 2. The van der Waals surface area contributed by atoms with Gasteiger partial charge in [0.2, 0.25) is 0 Å². The average Bonchev–Trinajstić information content (AvgIpc) is 2.96. The maximum absolute atomic E-state index is 11.4. The van der Waals surface area contributed by atoms with Gasteiger partial charge in [-0.1, -0.05) is 23.7 Å². The maximum Gasteiger partial charge on any atom is 0.308 e. The minimum atomic E-state index is -0.643. The Kier molecular flexibility index (Phi) is 3.50. The number of carboxylic acids is 1. The first-order valence-electron chi connectivity index (χ1n) is 6.86. The van der Waals surface area contributed by atoms with E-state index in [4.69, 9.17) is 11.6 Å². The predicted molar refractivity (Wildman–Crippen MR) is 74.0 cm³/mol. The standard InChI is InChI=1S/C15H18ClNO2/c16-12-3-1-2-9(6-12)8-17-14-11-5-4-10(7-11)13(14)15(18)19/h1-3,6,10-11,13-14,17H,4-5,7-8H2,(H,18,19)/t10-,11+,13+,14-/m1/s1. The number of aliphatic carboxylic acids is 1. The molecular weight excluding hydrogens is 262 g/mol. The minimum absolute atomic E-state index is 0.121. The highest BCUT2D eigenvalue weighted by Crippen LogP contribution is 2.48. The molecule has 2 fully saturated rings. The summed E-state index contributed by atoms with van der Waals surface area (Å²) < 4.78 is 0. The van der Waals surface area contributed by atoms with E-state index in [1.807, 2.05) is 24.3 Å². The molecule has 2 N–H and O–H groups in total. The lowest BCUT2D eigenvalue weighted by Gasteiger charge is -2.29. The second-order valence-corrected chi connectivity index (χ2v) is 6.17. The lowest BCUT2D eigenvalue weighted by Crippen LogP contribution is -2.43. The first-order valence-corrected chi connectivity index (χ1v) is 7.23. The van der Waals surface area contributed by atoms with Gasteiger partial charge in [0.05, 0.1) is 5.92 Å². The van der Waals surface area contributed by atoms with Gasteiger partial charge in [-0.25, -0.2) is 0 Å². The molecule has 2 saturated carbocycles. The molecule has 2 aliphatic carbocycles. The molecule has 0 heterocycles. The van der Waals surface area contributed by atoms with Crippen molar-refractivity contribution < 1.29 is 9.90 Å². The Morgan fingerprint density at radius 2 is 2.16 bits per heavy atom. The van der Waals surface area contributed by atoms with Gasteiger partial charge in [0.1, 0.15) is 0 Å². The second kappa shape index (κ2) is 5.14. The van der Waals surface area contributed by atoms with E-state index in [1.165, 1.54) is 6.42 Å². The summed E-state index contributed by atoms with van der Waals surface area (Å²) in [5.41, 5.74) is 1.11. The minimum Gasteiger partial charge on any atom is -0.481 e. The summed E-state index contributed by atoms with van der Waals surface area (Å²) in [5.74, 6) is 0.0540. The van der Waals surface area contributed by atoms with Crippen molar-refractivity contribution in [3.8, 4) is 0 Å². The van der Waals surface area contributed by atoms with Crippen LogP contribution in [0.2, 0.25) is 5.02 Å². The SMILES string of the molecule is O=C(O)[C@H]1[C@@H]2CC[C@@H](C2)[C@H]1NCc1cccc(Cl)c1. The van der Waals surface area contributed by atoms with Crippen LogP contribution in [0.5, 0.6) is 0 Å². The molecule has 0 aliphatic heterocycles. The average molecular weight is 280 g/mol. The van der Waals surface area contributed by atoms with Gasteiger partial charge in [0.25, 0.3) is 0 Å². The Morgan fingerprint density at radius 1 is 1.37 bits per heavy atom. The lowest BCUT2D eigenvalue weighted by atomic mass is 9.84. The van der Waals surface area contributed by atoms with Crippen LogP contribution in [0, 0.1) is 17.8 Å². The summed E-state index contributed by atoms with van der Waals surface area (Å²) in [6.07, 6.45) is 3.32. The molecule has 3 nitrogen and oxygen atoms in total. The number of fused-ring (bicyclic) bond motifs is 2. The van der Waals surface area contributed by atoms with Gasteiger partial charge in [-0.3, -0.25) is 4.79 Å². The van der Waals surface area contributed by atoms with Crippen LogP contribution >= 0.6 is 11.6 Å². The van der Waals surface area contributed by atoms with Gasteiger partial charge in [-0.15, -0.1) is 0 Å². The van der Waals surface area contributed by atoms with Gasteiger partial charge in [-0.2, -0.15) is 0 Å². The molecule has 0 radical (unpaired) electrons. The molecule has 0 aromatic heterocycles. The Morgan fingerprint density at radius 3 is 2.89 bits per heavy atom. The van der Waals surface area contributed by atoms with Crippen molar-refractivity contribution in [3.05, 3.63) is 34.9 Å². The van der Waals surface area contributed by atoms with E-state index < -0.39 is 5.97 Å². The third kappa shape index (κ3) is 2.49. The van der Waals surface area contributed by atoms with E-state index >= 15 is 0 Å². The molecule has 19 heavy (non-hydrogen) atoms. The molecule has 0 amide bonds. The smallest absolute Gasteiger partial charge is 0.308 e. The van der Waals surface area contributed by atoms with Gasteiger partial charge in [-0.05, 0) is 48.8 Å². The predicted octanol–water partition coefficient (Wildman–Crippen LogP) is 2.93. The number of nitrogens with one attached hydrogen (secondary N) is 1. The molecule has 0 saturated heterocycles. The molecule has 3 rings (SSSR count). The monoisotopic (exact) mass is 279 g/mol. The molecular formula is C15H18ClNO2. The van der Waals surface area contributed by atoms with Crippen LogP contribution in [0.1, 0.15) is 24.8 Å². The van der Waals surface area contributed by atoms with E-state index in [0.717, 1.165) is 23.4 Å². The van der Waals surface area contributed by atoms with Crippen LogP contribution in [-0.2, 0) is 11.3 Å². The summed E-state index contributed by atoms with van der Waals surface area (Å²) in [6.45, 7) is 0.693. The first kappa shape index (κ1) is 12.9. The maximum atomic E-state index is 11.4. The van der Waals surface area contributed by atoms with Crippen LogP contribution in [0.4, 0.5) is 0 Å². The summed E-state index contributed by atoms with van der Waals surface area (Å²) in [6, 6.07) is 7.84. The highest BCUT2D eigenvalue weighted by molar-refractivity contribution is 6.30. The summed E-state index contributed by atoms with van der Waals surface area (Å²) in [4.78, 5) is 11.4. The molecule has 4 atom stereocenters. The van der Waals surface area contributed by atoms with Crippen molar-refractivity contribution in [2.45, 2.75) is 31.8 Å². The van der Waals surface area contributed by atoms with Crippen LogP contribution < -0.4 is 5.32 Å². The fourth-order valence-electron chi connectivity index (χ4n) is 3.82. The molecule has 1 aromatic rings. The summed E-state index contributed by atoms with van der Waals surface area (Å²) >= 11 is 5.96. The number of hydrogen-bond acceptors (Lipinski definition) is 2. The second-order valence-electron chi connectivity index (χ2n) is 5.73. The highest BCUT2D eigenvalue weighted by atomic mass is 35.5. The zero-order valence-corrected chi connectivity index (χ0v) is 11.4. The topological polar surface area (TPSA) is 49.3 Å². The van der Waals surface area contributed by atoms with Crippen LogP contribution in [0.25, 0.3) is 0 Å². The third-order valence-corrected chi connectivity index (χ3v) is 4.87. The van der Waals surface area contributed by atoms with Crippen molar-refractivity contribution in [2.24, 2.45) is 17.8 Å². The molecule has 102 valence electrons. The molecule has 2 aliphatic rings. The van der Waals surface area contributed by atoms with Gasteiger partial charge >= 0.3 is 5.97 Å². The zero-order valence-electron chi connectivity index (χ0n) is 10.7. The van der Waals surface area contributed by atoms with Crippen LogP contribution in [0.3, 0.4) is 0 Å².